The van der Waals surface area contributed by atoms with Gasteiger partial charge in [0, 0.05) is 5.69 Å². The Morgan fingerprint density at radius 2 is 1.74 bits per heavy atom. The van der Waals surface area contributed by atoms with Crippen LogP contribution in [0.3, 0.4) is 0 Å². The van der Waals surface area contributed by atoms with Gasteiger partial charge in [0.25, 0.3) is 0 Å². The number of hydrogen-bond acceptors (Lipinski definition) is 5. The number of benzene rings is 3. The van der Waals surface area contributed by atoms with Crippen LogP contribution in [0.15, 0.2) is 90.3 Å². The van der Waals surface area contributed by atoms with Crippen LogP contribution in [-0.4, -0.2) is 27.8 Å². The summed E-state index contributed by atoms with van der Waals surface area (Å²) in [6.45, 7) is 1.97. The number of anilines is 1. The number of aryl methyl sites for hydroxylation is 1. The van der Waals surface area contributed by atoms with E-state index in [4.69, 9.17) is 4.74 Å². The first kappa shape index (κ1) is 20.7. The van der Waals surface area contributed by atoms with Crippen molar-refractivity contribution >= 4 is 23.4 Å². The topological polar surface area (TPSA) is 69.0 Å². The Balaban J connectivity index is 1.66. The number of amides is 1. The third-order valence-electron chi connectivity index (χ3n) is 4.73. The normalized spacial score (nSPS) is 11.7. The molecule has 4 aromatic rings. The summed E-state index contributed by atoms with van der Waals surface area (Å²) in [6.07, 6.45) is 1.65. The molecule has 0 aliphatic carbocycles. The lowest BCUT2D eigenvalue weighted by molar-refractivity contribution is -0.115. The summed E-state index contributed by atoms with van der Waals surface area (Å²) in [5, 5.41) is 11.5. The van der Waals surface area contributed by atoms with E-state index in [2.05, 4.69) is 15.5 Å². The molecule has 1 atom stereocenters. The molecule has 0 aliphatic heterocycles. The Bertz CT molecular complexity index is 1160. The predicted molar refractivity (Wildman–Crippen MR) is 123 cm³/mol. The average molecular weight is 431 g/mol. The highest BCUT2D eigenvalue weighted by Gasteiger charge is 2.25. The van der Waals surface area contributed by atoms with Gasteiger partial charge in [0.15, 0.2) is 5.16 Å². The smallest absolute Gasteiger partial charge is 0.242 e. The van der Waals surface area contributed by atoms with E-state index in [1.165, 1.54) is 11.8 Å². The Kier molecular flexibility index (Phi) is 6.33. The van der Waals surface area contributed by atoms with Crippen LogP contribution in [0, 0.1) is 6.92 Å². The van der Waals surface area contributed by atoms with Crippen LogP contribution in [0.25, 0.3) is 5.69 Å². The number of nitrogens with zero attached hydrogens (tertiary/aromatic N) is 3. The molecule has 1 aromatic heterocycles. The number of rotatable bonds is 7. The maximum Gasteiger partial charge on any atom is 0.242 e. The third-order valence-corrected chi connectivity index (χ3v) is 5.94. The summed E-state index contributed by atoms with van der Waals surface area (Å²) >= 11 is 1.35. The summed E-state index contributed by atoms with van der Waals surface area (Å²) in [7, 11) is 1.59. The van der Waals surface area contributed by atoms with Crippen molar-refractivity contribution in [3.63, 3.8) is 0 Å². The van der Waals surface area contributed by atoms with Gasteiger partial charge in [-0.2, -0.15) is 0 Å². The fourth-order valence-electron chi connectivity index (χ4n) is 3.19. The molecule has 1 N–H and O–H groups in total. The molecule has 0 spiro atoms. The molecule has 31 heavy (non-hydrogen) atoms. The lowest BCUT2D eigenvalue weighted by Gasteiger charge is -2.18. The van der Waals surface area contributed by atoms with Crippen LogP contribution in [0.1, 0.15) is 16.4 Å². The van der Waals surface area contributed by atoms with Crippen LogP contribution in [0.4, 0.5) is 5.69 Å². The third kappa shape index (κ3) is 4.78. The van der Waals surface area contributed by atoms with Crippen molar-refractivity contribution in [2.24, 2.45) is 0 Å². The fraction of sp³-hybridized carbons (Fsp3) is 0.125. The van der Waals surface area contributed by atoms with Gasteiger partial charge in [-0.25, -0.2) is 0 Å². The van der Waals surface area contributed by atoms with Crippen molar-refractivity contribution in [3.8, 4) is 11.4 Å². The van der Waals surface area contributed by atoms with E-state index >= 15 is 0 Å². The molecule has 6 nitrogen and oxygen atoms in total. The van der Waals surface area contributed by atoms with Gasteiger partial charge in [-0.15, -0.1) is 10.2 Å². The molecular formula is C24H22N4O2S. The van der Waals surface area contributed by atoms with Gasteiger partial charge >= 0.3 is 0 Å². The number of carbonyl (C=O) groups excluding carboxylic acids is 1. The highest BCUT2D eigenvalue weighted by Crippen LogP contribution is 2.37. The largest absolute Gasteiger partial charge is 0.495 e. The average Bonchev–Trinajstić information content (AvgIpc) is 3.27. The molecule has 7 heteroatoms. The number of ether oxygens (including phenoxy) is 1. The minimum atomic E-state index is -0.530. The first-order chi connectivity index (χ1) is 15.2. The number of methoxy groups -OCH3 is 1. The minimum absolute atomic E-state index is 0.164. The Morgan fingerprint density at radius 3 is 2.45 bits per heavy atom. The minimum Gasteiger partial charge on any atom is -0.495 e. The van der Waals surface area contributed by atoms with Crippen molar-refractivity contribution in [3.05, 3.63) is 96.3 Å². The summed E-state index contributed by atoms with van der Waals surface area (Å²) < 4.78 is 7.30. The van der Waals surface area contributed by atoms with Crippen LogP contribution >= 0.6 is 11.8 Å². The molecule has 0 fully saturated rings. The van der Waals surface area contributed by atoms with Gasteiger partial charge < -0.3 is 10.1 Å². The second-order valence-electron chi connectivity index (χ2n) is 6.92. The lowest BCUT2D eigenvalue weighted by Crippen LogP contribution is -2.20. The van der Waals surface area contributed by atoms with E-state index in [-0.39, 0.29) is 5.91 Å². The second kappa shape index (κ2) is 9.49. The molecule has 156 valence electrons. The highest BCUT2D eigenvalue weighted by atomic mass is 32.2. The molecule has 3 aromatic carbocycles. The van der Waals surface area contributed by atoms with Gasteiger partial charge in [-0.05, 0) is 42.3 Å². The molecule has 1 heterocycles. The molecule has 1 unspecified atom stereocenters. The van der Waals surface area contributed by atoms with E-state index in [9.17, 15) is 4.79 Å². The van der Waals surface area contributed by atoms with Gasteiger partial charge in [0.05, 0.1) is 12.8 Å². The van der Waals surface area contributed by atoms with Crippen LogP contribution in [0.2, 0.25) is 0 Å². The second-order valence-corrected chi connectivity index (χ2v) is 7.99. The molecular weight excluding hydrogens is 408 g/mol. The molecule has 4 rings (SSSR count). The standard InChI is InChI=1S/C24H22N4O2S/c1-17-13-14-21(30-2)20(15-17)26-23(29)22(18-9-5-3-6-10-18)31-24-27-25-16-28(24)19-11-7-4-8-12-19/h3-16,22H,1-2H3,(H,26,29). The highest BCUT2D eigenvalue weighted by molar-refractivity contribution is 8.00. The number of carbonyl (C=O) groups is 1. The molecule has 0 saturated carbocycles. The Morgan fingerprint density at radius 1 is 1.03 bits per heavy atom. The summed E-state index contributed by atoms with van der Waals surface area (Å²) in [6, 6.07) is 25.2. The van der Waals surface area contributed by atoms with Crippen molar-refractivity contribution in [1.29, 1.82) is 0 Å². The van der Waals surface area contributed by atoms with Gasteiger partial charge in [0.1, 0.15) is 17.3 Å². The first-order valence-corrected chi connectivity index (χ1v) is 10.7. The quantitative estimate of drug-likeness (QED) is 0.415. The first-order valence-electron chi connectivity index (χ1n) is 9.78. The SMILES string of the molecule is COc1ccc(C)cc1NC(=O)C(Sc1nncn1-c1ccccc1)c1ccccc1. The van der Waals surface area contributed by atoms with Crippen LogP contribution in [-0.2, 0) is 4.79 Å². The van der Waals surface area contributed by atoms with E-state index in [1.807, 2.05) is 90.4 Å². The number of aromatic nitrogens is 3. The zero-order valence-electron chi connectivity index (χ0n) is 17.2. The monoisotopic (exact) mass is 430 g/mol. The van der Waals surface area contributed by atoms with Crippen molar-refractivity contribution < 1.29 is 9.53 Å². The van der Waals surface area contributed by atoms with E-state index in [1.54, 1.807) is 13.4 Å². The van der Waals surface area contributed by atoms with E-state index in [0.29, 0.717) is 16.6 Å². The zero-order valence-corrected chi connectivity index (χ0v) is 18.0. The molecule has 0 bridgehead atoms. The Hall–Kier alpha value is -3.58. The van der Waals surface area contributed by atoms with Gasteiger partial charge in [-0.3, -0.25) is 9.36 Å². The maximum atomic E-state index is 13.4. The summed E-state index contributed by atoms with van der Waals surface area (Å²) in [5.41, 5.74) is 3.48. The zero-order chi connectivity index (χ0) is 21.6. The Labute approximate surface area is 185 Å². The summed E-state index contributed by atoms with van der Waals surface area (Å²) in [5.74, 6) is 0.450. The van der Waals surface area contributed by atoms with Gasteiger partial charge in [0.2, 0.25) is 5.91 Å². The predicted octanol–water partition coefficient (Wildman–Crippen LogP) is 5.06. The fourth-order valence-corrected chi connectivity index (χ4v) is 4.22. The van der Waals surface area contributed by atoms with Crippen LogP contribution < -0.4 is 10.1 Å². The van der Waals surface area contributed by atoms with E-state index in [0.717, 1.165) is 16.8 Å². The molecule has 0 aliphatic rings. The number of nitrogens with one attached hydrogen (secondary N) is 1. The maximum absolute atomic E-state index is 13.4. The van der Waals surface area contributed by atoms with Crippen molar-refractivity contribution in [2.75, 3.05) is 12.4 Å². The number of hydrogen-bond donors (Lipinski definition) is 1. The van der Waals surface area contributed by atoms with Crippen molar-refractivity contribution in [1.82, 2.24) is 14.8 Å². The lowest BCUT2D eigenvalue weighted by atomic mass is 10.1. The van der Waals surface area contributed by atoms with E-state index < -0.39 is 5.25 Å². The number of thioether (sulfide) groups is 1. The van der Waals surface area contributed by atoms with Gasteiger partial charge in [-0.1, -0.05) is 66.4 Å². The molecule has 1 amide bonds. The van der Waals surface area contributed by atoms with Crippen LogP contribution in [0.5, 0.6) is 5.75 Å². The number of para-hydroxylation sites is 1. The summed E-state index contributed by atoms with van der Waals surface area (Å²) in [4.78, 5) is 13.4. The van der Waals surface area contributed by atoms with Crippen molar-refractivity contribution in [2.45, 2.75) is 17.3 Å². The molecule has 0 saturated heterocycles. The molecule has 0 radical (unpaired) electrons.